The molecule has 0 saturated carbocycles. The summed E-state index contributed by atoms with van der Waals surface area (Å²) in [6, 6.07) is 4.51. The summed E-state index contributed by atoms with van der Waals surface area (Å²) in [5, 5.41) is 5.16. The second kappa shape index (κ2) is 9.53. The molecule has 3 aliphatic heterocycles. The number of anilines is 2. The maximum absolute atomic E-state index is 14.9. The monoisotopic (exact) mass is 469 g/mol. The number of nitrogens with zero attached hydrogens (tertiary/aromatic N) is 3. The number of nitrogens with one attached hydrogen (secondary N) is 2. The Morgan fingerprint density at radius 2 is 2.06 bits per heavy atom. The van der Waals surface area contributed by atoms with Gasteiger partial charge in [-0.25, -0.2) is 9.18 Å². The van der Waals surface area contributed by atoms with Gasteiger partial charge in [0, 0.05) is 37.8 Å². The van der Waals surface area contributed by atoms with Crippen LogP contribution in [0.5, 0.6) is 0 Å². The van der Waals surface area contributed by atoms with E-state index in [9.17, 15) is 18.8 Å². The van der Waals surface area contributed by atoms with Gasteiger partial charge in [-0.2, -0.15) is 0 Å². The first-order valence-electron chi connectivity index (χ1n) is 10.0. The molecule has 9 nitrogen and oxygen atoms in total. The van der Waals surface area contributed by atoms with E-state index in [4.69, 9.17) is 4.74 Å². The quantitative estimate of drug-likeness (QED) is 0.556. The van der Waals surface area contributed by atoms with E-state index < -0.39 is 23.3 Å². The number of thioether (sulfide) groups is 1. The number of piperazine rings is 1. The topological polar surface area (TPSA) is 94.2 Å². The molecule has 3 heterocycles. The molecule has 3 aliphatic rings. The normalized spacial score (nSPS) is 23.8. The minimum atomic E-state index is -0.587. The summed E-state index contributed by atoms with van der Waals surface area (Å²) in [6.07, 6.45) is -1.11. The van der Waals surface area contributed by atoms with E-state index in [1.807, 2.05) is 9.80 Å². The smallest absolute Gasteiger partial charge is 0.414 e. The lowest BCUT2D eigenvalue weighted by Crippen LogP contribution is -2.53. The Morgan fingerprint density at radius 1 is 1.29 bits per heavy atom. The first-order valence-corrected chi connectivity index (χ1v) is 11.6. The van der Waals surface area contributed by atoms with Crippen molar-refractivity contribution in [3.8, 4) is 0 Å². The van der Waals surface area contributed by atoms with Gasteiger partial charge in [0.05, 0.1) is 30.5 Å². The van der Waals surface area contributed by atoms with Gasteiger partial charge in [0.15, 0.2) is 0 Å². The summed E-state index contributed by atoms with van der Waals surface area (Å²) in [5.74, 6) is 1.25. The number of carbonyl (C=O) groups excluding carboxylic acids is 3. The molecule has 1 aromatic rings. The Morgan fingerprint density at radius 3 is 2.71 bits per heavy atom. The molecule has 3 amide bonds. The van der Waals surface area contributed by atoms with Crippen LogP contribution in [0, 0.1) is 5.82 Å². The number of cyclic esters (lactones) is 1. The first kappa shape index (κ1) is 22.0. The van der Waals surface area contributed by atoms with E-state index in [0.717, 1.165) is 11.6 Å². The lowest BCUT2D eigenvalue weighted by molar-refractivity contribution is -0.132. The van der Waals surface area contributed by atoms with Crippen molar-refractivity contribution in [1.82, 2.24) is 15.5 Å². The summed E-state index contributed by atoms with van der Waals surface area (Å²) in [4.78, 5) is 40.6. The second-order valence-corrected chi connectivity index (χ2v) is 8.96. The summed E-state index contributed by atoms with van der Waals surface area (Å²) in [5.41, 5.74) is 0.835. The average Bonchev–Trinajstić information content (AvgIpc) is 3.42. The molecule has 1 aromatic carbocycles. The van der Waals surface area contributed by atoms with E-state index in [1.54, 1.807) is 23.9 Å². The predicted octanol–water partition coefficient (Wildman–Crippen LogP) is 1.10. The van der Waals surface area contributed by atoms with Crippen LogP contribution >= 0.6 is 24.4 Å². The Bertz CT molecular complexity index is 862. The number of benzene rings is 1. The van der Waals surface area contributed by atoms with Gasteiger partial charge in [0.2, 0.25) is 5.91 Å². The molecule has 4 rings (SSSR count). The molecule has 3 saturated heterocycles. The lowest BCUT2D eigenvalue weighted by atomic mass is 10.2. The molecule has 2 atom stereocenters. The van der Waals surface area contributed by atoms with Gasteiger partial charge in [-0.1, -0.05) is 12.6 Å². The second-order valence-electron chi connectivity index (χ2n) is 7.52. The van der Waals surface area contributed by atoms with E-state index >= 15 is 0 Å². The maximum Gasteiger partial charge on any atom is 0.414 e. The van der Waals surface area contributed by atoms with Crippen molar-refractivity contribution in [2.24, 2.45) is 0 Å². The Kier molecular flexibility index (Phi) is 6.77. The number of hydrogen-bond acceptors (Lipinski definition) is 7. The highest BCUT2D eigenvalue weighted by Crippen LogP contribution is 2.28. The van der Waals surface area contributed by atoms with Crippen molar-refractivity contribution in [2.45, 2.75) is 12.1 Å². The van der Waals surface area contributed by atoms with Crippen molar-refractivity contribution in [3.63, 3.8) is 0 Å². The molecule has 31 heavy (non-hydrogen) atoms. The van der Waals surface area contributed by atoms with E-state index in [2.05, 4.69) is 23.3 Å². The molecule has 2 unspecified atom stereocenters. The van der Waals surface area contributed by atoms with Gasteiger partial charge in [0.1, 0.15) is 11.9 Å². The van der Waals surface area contributed by atoms with Gasteiger partial charge >= 0.3 is 6.09 Å². The van der Waals surface area contributed by atoms with Crippen molar-refractivity contribution < 1.29 is 23.5 Å². The zero-order valence-corrected chi connectivity index (χ0v) is 18.5. The Hall–Kier alpha value is -2.18. The van der Waals surface area contributed by atoms with Gasteiger partial charge in [-0.3, -0.25) is 19.8 Å². The van der Waals surface area contributed by atoms with Crippen LogP contribution in [0.4, 0.5) is 25.4 Å². The molecule has 0 aliphatic carbocycles. The fourth-order valence-electron chi connectivity index (χ4n) is 3.90. The Balaban J connectivity index is 1.35. The zero-order valence-electron chi connectivity index (χ0n) is 16.8. The highest BCUT2D eigenvalue weighted by molar-refractivity contribution is 7.99. The number of ether oxygens (including phenoxy) is 1. The van der Waals surface area contributed by atoms with Crippen LogP contribution in [-0.2, 0) is 9.53 Å². The molecule has 168 valence electrons. The van der Waals surface area contributed by atoms with Crippen LogP contribution in [0.2, 0.25) is 0 Å². The van der Waals surface area contributed by atoms with Crippen LogP contribution < -0.4 is 20.4 Å². The molecule has 3 fully saturated rings. The largest absolute Gasteiger partial charge is 0.442 e. The molecule has 0 radical (unpaired) electrons. The fraction of sp³-hybridized carbons (Fsp3) is 0.526. The number of thiol groups is 1. The zero-order chi connectivity index (χ0) is 22.0. The molecule has 12 heteroatoms. The minimum Gasteiger partial charge on any atom is -0.442 e. The van der Waals surface area contributed by atoms with Crippen molar-refractivity contribution in [2.75, 3.05) is 60.7 Å². The lowest BCUT2D eigenvalue weighted by Gasteiger charge is -2.37. The molecule has 0 spiro atoms. The molecule has 0 aromatic heterocycles. The average molecular weight is 470 g/mol. The highest BCUT2D eigenvalue weighted by atomic mass is 32.2. The third kappa shape index (κ3) is 5.01. The Labute approximate surface area is 189 Å². The summed E-state index contributed by atoms with van der Waals surface area (Å²) < 4.78 is 20.1. The summed E-state index contributed by atoms with van der Waals surface area (Å²) >= 11 is 5.33. The maximum atomic E-state index is 14.9. The standard InChI is InChI=1S/C19H24FN5O4S2/c20-14-7-12(25-9-13(29-19(25)28)8-21-18(27)30)1-2-16(14)23-3-5-24(6-4-23)17(26)15-10-31-11-22-15/h1-2,7,13,15,22H,3-6,8-11H2,(H2,21,27,30). The van der Waals surface area contributed by atoms with Crippen LogP contribution in [0.25, 0.3) is 0 Å². The SMILES string of the molecule is O=C(S)NCC1CN(c2ccc(N3CCN(C(=O)C4CSCN4)CC3)c(F)c2)C(=O)O1. The molecule has 0 bridgehead atoms. The van der Waals surface area contributed by atoms with Gasteiger partial charge in [0.25, 0.3) is 5.24 Å². The number of rotatable bonds is 5. The number of amides is 3. The van der Waals surface area contributed by atoms with Crippen LogP contribution in [0.15, 0.2) is 18.2 Å². The summed E-state index contributed by atoms with van der Waals surface area (Å²) in [6.45, 7) is 2.52. The predicted molar refractivity (Wildman–Crippen MR) is 119 cm³/mol. The summed E-state index contributed by atoms with van der Waals surface area (Å²) in [7, 11) is 0. The van der Waals surface area contributed by atoms with Crippen molar-refractivity contribution in [1.29, 1.82) is 0 Å². The minimum absolute atomic E-state index is 0.108. The van der Waals surface area contributed by atoms with Crippen molar-refractivity contribution >= 4 is 53.0 Å². The van der Waals surface area contributed by atoms with Gasteiger partial charge in [-0.15, -0.1) is 11.8 Å². The van der Waals surface area contributed by atoms with Crippen LogP contribution in [-0.4, -0.2) is 85.2 Å². The third-order valence-electron chi connectivity index (χ3n) is 5.54. The van der Waals surface area contributed by atoms with Gasteiger partial charge < -0.3 is 19.9 Å². The first-order chi connectivity index (χ1) is 14.9. The van der Waals surface area contributed by atoms with Crippen molar-refractivity contribution in [3.05, 3.63) is 24.0 Å². The van der Waals surface area contributed by atoms with E-state index in [-0.39, 0.29) is 25.0 Å². The van der Waals surface area contributed by atoms with E-state index in [1.165, 1.54) is 11.0 Å². The van der Waals surface area contributed by atoms with E-state index in [0.29, 0.717) is 37.6 Å². The number of hydrogen-bond donors (Lipinski definition) is 3. The molecule has 2 N–H and O–H groups in total. The highest BCUT2D eigenvalue weighted by Gasteiger charge is 2.33. The third-order valence-corrected chi connectivity index (χ3v) is 6.64. The number of halogens is 1. The molecular weight excluding hydrogens is 445 g/mol. The number of carbonyl (C=O) groups is 3. The van der Waals surface area contributed by atoms with Crippen LogP contribution in [0.1, 0.15) is 0 Å². The molecular formula is C19H24FN5O4S2. The van der Waals surface area contributed by atoms with Crippen LogP contribution in [0.3, 0.4) is 0 Å². The van der Waals surface area contributed by atoms with Gasteiger partial charge in [-0.05, 0) is 18.2 Å². The fourth-order valence-corrected chi connectivity index (χ4v) is 4.93.